The molecule has 0 bridgehead atoms. The average molecular weight is 992 g/mol. The minimum absolute atomic E-state index is 0. The number of imidazole rings is 1. The third-order valence-corrected chi connectivity index (χ3v) is 11.1. The first-order valence-corrected chi connectivity index (χ1v) is 20.3. The van der Waals surface area contributed by atoms with E-state index in [9.17, 15) is 0 Å². The van der Waals surface area contributed by atoms with Crippen LogP contribution in [0.2, 0.25) is 0 Å². The van der Waals surface area contributed by atoms with Gasteiger partial charge in [0, 0.05) is 50.5 Å². The summed E-state index contributed by atoms with van der Waals surface area (Å²) in [5.74, 6) is 1.46. The van der Waals surface area contributed by atoms with Crippen molar-refractivity contribution in [3.63, 3.8) is 0 Å². The minimum atomic E-state index is -0.447. The van der Waals surface area contributed by atoms with Gasteiger partial charge in [-0.1, -0.05) is 156 Å². The molecule has 0 aliphatic rings. The van der Waals surface area contributed by atoms with Crippen LogP contribution >= 0.6 is 0 Å². The first kappa shape index (κ1) is 35.0. The molecule has 3 aromatic heterocycles. The normalized spacial score (nSPS) is 13.0. The molecule has 62 heavy (non-hydrogen) atoms. The molecule has 0 atom stereocenters. The van der Waals surface area contributed by atoms with Crippen molar-refractivity contribution in [1.82, 2.24) is 19.1 Å². The van der Waals surface area contributed by atoms with Crippen LogP contribution in [0.3, 0.4) is 0 Å². The Morgan fingerprint density at radius 2 is 1.26 bits per heavy atom. The zero-order valence-corrected chi connectivity index (χ0v) is 37.4. The third-order valence-electron chi connectivity index (χ3n) is 11.1. The number of para-hydroxylation sites is 4. The van der Waals surface area contributed by atoms with E-state index in [-0.39, 0.29) is 49.5 Å². The van der Waals surface area contributed by atoms with Crippen LogP contribution in [0.15, 0.2) is 164 Å². The van der Waals surface area contributed by atoms with Gasteiger partial charge in [-0.05, 0) is 67.4 Å². The Hall–Kier alpha value is -6.62. The van der Waals surface area contributed by atoms with Crippen molar-refractivity contribution in [3.05, 3.63) is 194 Å². The van der Waals surface area contributed by atoms with Crippen molar-refractivity contribution in [1.29, 1.82) is 0 Å². The topological polar surface area (TPSA) is 48.8 Å². The van der Waals surface area contributed by atoms with Crippen LogP contribution in [-0.2, 0) is 31.9 Å². The molecule has 10 aromatic rings. The molecule has 3 heterocycles. The summed E-state index contributed by atoms with van der Waals surface area (Å²) in [5, 5.41) is 2.04. The van der Waals surface area contributed by atoms with Gasteiger partial charge in [-0.25, -0.2) is 9.97 Å². The van der Waals surface area contributed by atoms with E-state index >= 15 is 0 Å². The van der Waals surface area contributed by atoms with Crippen LogP contribution < -0.4 is 9.30 Å². The molecule has 7 aromatic carbocycles. The summed E-state index contributed by atoms with van der Waals surface area (Å²) in [5.41, 5.74) is 8.81. The van der Waals surface area contributed by atoms with E-state index in [4.69, 9.17) is 11.6 Å². The third kappa shape index (κ3) is 7.43. The predicted molar refractivity (Wildman–Crippen MR) is 246 cm³/mol. The maximum absolute atomic E-state index is 9.16. The Morgan fingerprint density at radius 1 is 0.613 bits per heavy atom. The molecular formula is C55H45N5OPt-2. The number of benzene rings is 7. The summed E-state index contributed by atoms with van der Waals surface area (Å²) < 4.78 is 56.5. The summed E-state index contributed by atoms with van der Waals surface area (Å²) in [7, 11) is 0. The SMILES string of the molecule is [2H]c1c([2H])c([2H])c(-c2cccc(-c3cc(C(C)(C)C)cc(C(C)(C)C)c3)c2-[n+]2[c-]n(-c3[c-]c(Oc4[c-]c5c(cc4)c4ccccc4n5-c4ncccn4)ccc3)c3ccccc32)c([2H])c1[2H].[Pt]. The van der Waals surface area contributed by atoms with Gasteiger partial charge < -0.3 is 13.9 Å². The second kappa shape index (κ2) is 16.0. The van der Waals surface area contributed by atoms with Crippen LogP contribution in [0.5, 0.6) is 11.5 Å². The molecule has 0 saturated carbocycles. The van der Waals surface area contributed by atoms with Gasteiger partial charge in [-0.2, -0.15) is 18.2 Å². The number of hydrogen-bond donors (Lipinski definition) is 0. The van der Waals surface area contributed by atoms with Crippen molar-refractivity contribution in [3.8, 4) is 51.1 Å². The van der Waals surface area contributed by atoms with E-state index in [1.165, 1.54) is 0 Å². The second-order valence-electron chi connectivity index (χ2n) is 17.2. The average Bonchev–Trinajstić information content (AvgIpc) is 3.86. The van der Waals surface area contributed by atoms with Gasteiger partial charge in [-0.3, -0.25) is 4.57 Å². The number of fused-ring (bicyclic) bond motifs is 4. The molecular weight excluding hydrogens is 942 g/mol. The molecule has 0 radical (unpaired) electrons. The Kier molecular flexibility index (Phi) is 9.04. The van der Waals surface area contributed by atoms with Crippen molar-refractivity contribution < 1.29 is 37.2 Å². The van der Waals surface area contributed by atoms with Crippen LogP contribution in [0.4, 0.5) is 0 Å². The quantitative estimate of drug-likeness (QED) is 0.118. The van der Waals surface area contributed by atoms with E-state index in [2.05, 4.69) is 94.2 Å². The van der Waals surface area contributed by atoms with Crippen molar-refractivity contribution in [2.24, 2.45) is 0 Å². The zero-order valence-electron chi connectivity index (χ0n) is 40.2. The smallest absolute Gasteiger partial charge is 0.268 e. The van der Waals surface area contributed by atoms with Gasteiger partial charge in [0.1, 0.15) is 0 Å². The number of hydrogen-bond acceptors (Lipinski definition) is 3. The fourth-order valence-corrected chi connectivity index (χ4v) is 7.95. The summed E-state index contributed by atoms with van der Waals surface area (Å²) in [6, 6.07) is 45.0. The van der Waals surface area contributed by atoms with Crippen molar-refractivity contribution in [2.45, 2.75) is 52.4 Å². The monoisotopic (exact) mass is 991 g/mol. The number of ether oxygens (including phenoxy) is 1. The summed E-state index contributed by atoms with van der Waals surface area (Å²) >= 11 is 0. The molecule has 0 unspecified atom stereocenters. The molecule has 0 spiro atoms. The predicted octanol–water partition coefficient (Wildman–Crippen LogP) is 12.9. The van der Waals surface area contributed by atoms with Crippen molar-refractivity contribution >= 4 is 32.8 Å². The molecule has 7 heteroatoms. The van der Waals surface area contributed by atoms with Gasteiger partial charge >= 0.3 is 0 Å². The standard InChI is InChI=1S/C55H45N5O.Pt/c1-54(2,3)39-31-38(32-40(33-39)55(4,5)6)45-23-15-22-44(37-17-8-7-9-18-37)52(45)59-36-58(49-25-12-13-26-50(49)59)41-19-14-20-42(34-41)61-43-27-28-47-46-21-10-11-24-48(46)60(51(47)35-43)53-56-29-16-30-57-53;/h7-33H,1-6H3;/q-2;/i7D,8D,9D,17D,18D;. The Morgan fingerprint density at radius 3 is 1.98 bits per heavy atom. The largest absolute Gasteiger partial charge is 0.510 e. The molecule has 308 valence electrons. The van der Waals surface area contributed by atoms with Gasteiger partial charge in [0.05, 0.1) is 23.6 Å². The first-order chi connectivity index (χ1) is 31.6. The number of nitrogens with zero attached hydrogens (tertiary/aromatic N) is 5. The van der Waals surface area contributed by atoms with Crippen molar-refractivity contribution in [2.75, 3.05) is 0 Å². The van der Waals surface area contributed by atoms with Crippen LogP contribution in [0.25, 0.3) is 72.4 Å². The van der Waals surface area contributed by atoms with Gasteiger partial charge in [-0.15, -0.1) is 29.7 Å². The molecule has 6 nitrogen and oxygen atoms in total. The Labute approximate surface area is 384 Å². The maximum Gasteiger partial charge on any atom is 0.268 e. The molecule has 0 amide bonds. The van der Waals surface area contributed by atoms with Gasteiger partial charge in [0.15, 0.2) is 0 Å². The summed E-state index contributed by atoms with van der Waals surface area (Å²) in [6.07, 6.45) is 7.08. The molecule has 10 rings (SSSR count). The van der Waals surface area contributed by atoms with E-state index in [0.717, 1.165) is 55.1 Å². The van der Waals surface area contributed by atoms with E-state index < -0.39 is 18.1 Å². The fraction of sp³-hybridized carbons (Fsp3) is 0.145. The van der Waals surface area contributed by atoms with Crippen LogP contribution in [0, 0.1) is 18.5 Å². The van der Waals surface area contributed by atoms with E-state index in [0.29, 0.717) is 34.4 Å². The molecule has 0 fully saturated rings. The van der Waals surface area contributed by atoms with E-state index in [1.54, 1.807) is 18.5 Å². The first-order valence-electron chi connectivity index (χ1n) is 22.8. The molecule has 0 N–H and O–H groups in total. The molecule has 0 aliphatic carbocycles. The minimum Gasteiger partial charge on any atom is -0.510 e. The molecule has 0 aliphatic heterocycles. The van der Waals surface area contributed by atoms with Gasteiger partial charge in [0.2, 0.25) is 5.95 Å². The Bertz CT molecular complexity index is 3490. The molecule has 0 saturated heterocycles. The van der Waals surface area contributed by atoms with E-state index in [1.807, 2.05) is 105 Å². The Balaban J connectivity index is 0.00000562. The fourth-order valence-electron chi connectivity index (χ4n) is 7.95. The maximum atomic E-state index is 9.16. The zero-order chi connectivity index (χ0) is 46.2. The second-order valence-corrected chi connectivity index (χ2v) is 17.2. The van der Waals surface area contributed by atoms with Gasteiger partial charge in [0.25, 0.3) is 6.33 Å². The summed E-state index contributed by atoms with van der Waals surface area (Å²) in [6.45, 7) is 13.2. The number of rotatable bonds is 7. The van der Waals surface area contributed by atoms with Crippen LogP contribution in [-0.4, -0.2) is 19.1 Å². The van der Waals surface area contributed by atoms with Crippen LogP contribution in [0.1, 0.15) is 59.5 Å². The summed E-state index contributed by atoms with van der Waals surface area (Å²) in [4.78, 5) is 9.11. The number of aromatic nitrogens is 5.